The number of Topliss-reactive ketones (excluding diaryl/α,β-unsaturated/α-hetero) is 1. The number of ketones is 1. The monoisotopic (exact) mass is 499 g/mol. The molecular weight excluding hydrogens is 469 g/mol. The first-order valence-corrected chi connectivity index (χ1v) is 13.3. The van der Waals surface area contributed by atoms with Crippen molar-refractivity contribution >= 4 is 39.0 Å². The fourth-order valence-electron chi connectivity index (χ4n) is 3.28. The highest BCUT2D eigenvalue weighted by Gasteiger charge is 2.25. The molecule has 0 saturated carbocycles. The molecule has 0 aliphatic rings. The molecule has 0 bridgehead atoms. The molecule has 0 aliphatic carbocycles. The number of unbranched alkanes of at least 4 members (excludes halogenated alkanes) is 1. The van der Waals surface area contributed by atoms with Crippen LogP contribution in [0.3, 0.4) is 0 Å². The predicted octanol–water partition coefficient (Wildman–Crippen LogP) is 5.55. The predicted molar refractivity (Wildman–Crippen MR) is 132 cm³/mol. The maximum absolute atomic E-state index is 12.1. The molecule has 1 N–H and O–H groups in total. The summed E-state index contributed by atoms with van der Waals surface area (Å²) >= 11 is 12.9. The quantitative estimate of drug-likeness (QED) is 0.388. The summed E-state index contributed by atoms with van der Waals surface area (Å²) in [7, 11) is -3.28. The van der Waals surface area contributed by atoms with E-state index >= 15 is 0 Å². The largest absolute Gasteiger partial charge is 0.490 e. The lowest BCUT2D eigenvalue weighted by Crippen LogP contribution is -2.25. The second-order valence-electron chi connectivity index (χ2n) is 8.42. The molecule has 8 heteroatoms. The molecule has 0 heterocycles. The number of halogens is 2. The van der Waals surface area contributed by atoms with Crippen LogP contribution >= 0.6 is 23.2 Å². The van der Waals surface area contributed by atoms with Crippen molar-refractivity contribution < 1.29 is 17.9 Å². The van der Waals surface area contributed by atoms with Crippen molar-refractivity contribution in [3.63, 3.8) is 0 Å². The molecule has 2 aromatic carbocycles. The van der Waals surface area contributed by atoms with E-state index in [1.54, 1.807) is 0 Å². The fourth-order valence-corrected chi connectivity index (χ4v) is 4.34. The van der Waals surface area contributed by atoms with E-state index in [9.17, 15) is 13.2 Å². The number of ether oxygens (including phenoxy) is 1. The molecule has 0 atom stereocenters. The molecule has 0 amide bonds. The zero-order valence-corrected chi connectivity index (χ0v) is 21.3. The van der Waals surface area contributed by atoms with Gasteiger partial charge >= 0.3 is 0 Å². The van der Waals surface area contributed by atoms with Gasteiger partial charge in [0.25, 0.3) is 0 Å². The third-order valence-corrected chi connectivity index (χ3v) is 6.60. The van der Waals surface area contributed by atoms with Gasteiger partial charge < -0.3 is 4.74 Å². The molecule has 0 saturated heterocycles. The lowest BCUT2D eigenvalue weighted by Gasteiger charge is -2.27. The number of carbonyl (C=O) groups excluding carboxylic acids is 1. The summed E-state index contributed by atoms with van der Waals surface area (Å²) in [4.78, 5) is 12.1. The number of hydrogen-bond donors (Lipinski definition) is 1. The average molecular weight is 500 g/mol. The van der Waals surface area contributed by atoms with Gasteiger partial charge in [0, 0.05) is 24.8 Å². The molecule has 5 nitrogen and oxygen atoms in total. The van der Waals surface area contributed by atoms with Gasteiger partial charge in [-0.15, -0.1) is 0 Å². The maximum atomic E-state index is 12.1. The highest BCUT2D eigenvalue weighted by atomic mass is 35.5. The van der Waals surface area contributed by atoms with Crippen molar-refractivity contribution in [1.82, 2.24) is 4.72 Å². The van der Waals surface area contributed by atoms with Crippen LogP contribution in [-0.2, 0) is 26.7 Å². The van der Waals surface area contributed by atoms with Gasteiger partial charge in [0.15, 0.2) is 5.75 Å². The van der Waals surface area contributed by atoms with Crippen LogP contribution in [0.2, 0.25) is 10.0 Å². The van der Waals surface area contributed by atoms with E-state index in [4.69, 9.17) is 27.9 Å². The van der Waals surface area contributed by atoms with Crippen molar-refractivity contribution in [2.24, 2.45) is 0 Å². The second-order valence-corrected chi connectivity index (χ2v) is 11.1. The summed E-state index contributed by atoms with van der Waals surface area (Å²) in [6.45, 7) is 6.95. The van der Waals surface area contributed by atoms with Crippen molar-refractivity contribution in [2.45, 2.75) is 51.9 Å². The maximum Gasteiger partial charge on any atom is 0.208 e. The van der Waals surface area contributed by atoms with E-state index in [0.29, 0.717) is 22.4 Å². The molecule has 2 rings (SSSR count). The van der Waals surface area contributed by atoms with Crippen LogP contribution in [0.1, 0.15) is 56.7 Å². The first-order chi connectivity index (χ1) is 14.9. The van der Waals surface area contributed by atoms with E-state index < -0.39 is 10.0 Å². The number of nitrogens with one attached hydrogen (secondary N) is 1. The Kier molecular flexibility index (Phi) is 9.58. The van der Waals surface area contributed by atoms with Crippen LogP contribution in [0.5, 0.6) is 5.75 Å². The SMILES string of the molecule is CCCCOc1c(Cl)cc(C(C)(C)c2ccc(CC(=O)CCNS(C)(=O)=O)cc2)cc1Cl. The van der Waals surface area contributed by atoms with Crippen molar-refractivity contribution in [1.29, 1.82) is 0 Å². The van der Waals surface area contributed by atoms with E-state index in [1.165, 1.54) is 0 Å². The summed E-state index contributed by atoms with van der Waals surface area (Å²) in [6.07, 6.45) is 3.45. The van der Waals surface area contributed by atoms with Gasteiger partial charge in [0.2, 0.25) is 10.0 Å². The number of hydrogen-bond acceptors (Lipinski definition) is 4. The van der Waals surface area contributed by atoms with Gasteiger partial charge in [0.05, 0.1) is 22.9 Å². The van der Waals surface area contributed by atoms with Crippen LogP contribution < -0.4 is 9.46 Å². The van der Waals surface area contributed by atoms with Crippen LogP contribution in [0, 0.1) is 0 Å². The van der Waals surface area contributed by atoms with E-state index in [2.05, 4.69) is 25.5 Å². The lowest BCUT2D eigenvalue weighted by molar-refractivity contribution is -0.118. The molecule has 176 valence electrons. The molecule has 0 radical (unpaired) electrons. The molecule has 32 heavy (non-hydrogen) atoms. The Labute approximate surface area is 201 Å². The minimum atomic E-state index is -3.28. The van der Waals surface area contributed by atoms with E-state index in [0.717, 1.165) is 35.8 Å². The van der Waals surface area contributed by atoms with E-state index in [1.807, 2.05) is 36.4 Å². The minimum absolute atomic E-state index is 0.0228. The summed E-state index contributed by atoms with van der Waals surface area (Å²) in [5, 5.41) is 0.975. The smallest absolute Gasteiger partial charge is 0.208 e. The second kappa shape index (κ2) is 11.5. The number of rotatable bonds is 12. The van der Waals surface area contributed by atoms with Gasteiger partial charge in [-0.3, -0.25) is 4.79 Å². The standard InChI is InChI=1S/C24H31Cl2NO4S/c1-5-6-13-31-23-21(25)15-19(16-22(23)26)24(2,3)18-9-7-17(8-10-18)14-20(28)11-12-27-32(4,29)30/h7-10,15-16,27H,5-6,11-14H2,1-4H3. The van der Waals surface area contributed by atoms with Crippen LogP contribution in [0.25, 0.3) is 0 Å². The molecule has 0 fully saturated rings. The topological polar surface area (TPSA) is 72.5 Å². The molecule has 0 aromatic heterocycles. The molecule has 0 unspecified atom stereocenters. The summed E-state index contributed by atoms with van der Waals surface area (Å²) < 4.78 is 30.3. The molecule has 0 aliphatic heterocycles. The zero-order valence-electron chi connectivity index (χ0n) is 19.0. The van der Waals surface area contributed by atoms with Crippen molar-refractivity contribution in [3.05, 3.63) is 63.1 Å². The van der Waals surface area contributed by atoms with Gasteiger partial charge in [-0.1, -0.05) is 74.7 Å². The van der Waals surface area contributed by atoms with Gasteiger partial charge in [-0.2, -0.15) is 0 Å². The summed E-state index contributed by atoms with van der Waals surface area (Å²) in [5.74, 6) is 0.492. The summed E-state index contributed by atoms with van der Waals surface area (Å²) in [5.41, 5.74) is 2.53. The zero-order chi connectivity index (χ0) is 23.9. The molecule has 2 aromatic rings. The number of carbonyl (C=O) groups is 1. The van der Waals surface area contributed by atoms with Gasteiger partial charge in [-0.05, 0) is 35.2 Å². The van der Waals surface area contributed by atoms with Gasteiger partial charge in [-0.25, -0.2) is 13.1 Å². The highest BCUT2D eigenvalue weighted by Crippen LogP contribution is 2.40. The Morgan fingerprint density at radius 1 is 1.06 bits per heavy atom. The normalized spacial score (nSPS) is 12.1. The third kappa shape index (κ3) is 7.77. The average Bonchev–Trinajstić information content (AvgIpc) is 2.69. The summed E-state index contributed by atoms with van der Waals surface area (Å²) in [6, 6.07) is 11.6. The Hall–Kier alpha value is -1.60. The Balaban J connectivity index is 2.10. The van der Waals surface area contributed by atoms with Crippen LogP contribution in [0.4, 0.5) is 0 Å². The van der Waals surface area contributed by atoms with Crippen LogP contribution in [-0.4, -0.2) is 33.6 Å². The Bertz CT molecular complexity index is 1010. The number of benzene rings is 2. The Morgan fingerprint density at radius 3 is 2.19 bits per heavy atom. The fraction of sp³-hybridized carbons (Fsp3) is 0.458. The van der Waals surface area contributed by atoms with E-state index in [-0.39, 0.29) is 30.6 Å². The minimum Gasteiger partial charge on any atom is -0.490 e. The number of sulfonamides is 1. The van der Waals surface area contributed by atoms with Crippen molar-refractivity contribution in [2.75, 3.05) is 19.4 Å². The highest BCUT2D eigenvalue weighted by molar-refractivity contribution is 7.88. The van der Waals surface area contributed by atoms with Crippen LogP contribution in [0.15, 0.2) is 36.4 Å². The lowest BCUT2D eigenvalue weighted by atomic mass is 9.78. The van der Waals surface area contributed by atoms with Crippen molar-refractivity contribution in [3.8, 4) is 5.75 Å². The Morgan fingerprint density at radius 2 is 1.66 bits per heavy atom. The first kappa shape index (κ1) is 26.7. The molecular formula is C24H31Cl2NO4S. The van der Waals surface area contributed by atoms with Gasteiger partial charge in [0.1, 0.15) is 5.78 Å². The third-order valence-electron chi connectivity index (χ3n) is 5.31. The molecule has 0 spiro atoms. The first-order valence-electron chi connectivity index (χ1n) is 10.6.